The summed E-state index contributed by atoms with van der Waals surface area (Å²) in [6.07, 6.45) is 16.2. The van der Waals surface area contributed by atoms with Crippen molar-refractivity contribution in [2.45, 2.75) is 209 Å². The molecule has 4 aliphatic heterocycles. The van der Waals surface area contributed by atoms with Crippen molar-refractivity contribution in [3.63, 3.8) is 0 Å². The highest BCUT2D eigenvalue weighted by atomic mass is 16.6. The van der Waals surface area contributed by atoms with Gasteiger partial charge in [0.15, 0.2) is 23.0 Å². The molecule has 2 saturated heterocycles. The Labute approximate surface area is 429 Å². The minimum absolute atomic E-state index is 0.0106. The van der Waals surface area contributed by atoms with E-state index in [9.17, 15) is 10.2 Å². The van der Waals surface area contributed by atoms with Gasteiger partial charge < -0.3 is 38.6 Å². The Balaban J connectivity index is 0.792. The van der Waals surface area contributed by atoms with Crippen LogP contribution in [0.4, 0.5) is 0 Å². The molecular formula is C62H86N2O8. The number of methoxy groups -OCH3 is 2. The molecule has 15 atom stereocenters. The number of aliphatic hydroxyl groups is 2. The quantitative estimate of drug-likeness (QED) is 0.189. The lowest BCUT2D eigenvalue weighted by Crippen LogP contribution is -2.83. The van der Waals surface area contributed by atoms with Crippen molar-refractivity contribution >= 4 is 0 Å². The summed E-state index contributed by atoms with van der Waals surface area (Å²) in [5.74, 6) is 4.93. The molecule has 8 bridgehead atoms. The molecule has 0 amide bonds. The first-order chi connectivity index (χ1) is 34.2. The van der Waals surface area contributed by atoms with E-state index in [1.54, 1.807) is 7.11 Å². The maximum Gasteiger partial charge on any atom is 0.165 e. The van der Waals surface area contributed by atoms with Gasteiger partial charge in [0.2, 0.25) is 0 Å². The maximum atomic E-state index is 13.3. The molecule has 2 aromatic carbocycles. The monoisotopic (exact) mass is 987 g/mol. The lowest BCUT2D eigenvalue weighted by atomic mass is 9.33. The van der Waals surface area contributed by atoms with Crippen LogP contribution in [0.3, 0.4) is 0 Å². The van der Waals surface area contributed by atoms with Crippen molar-refractivity contribution < 1.29 is 38.6 Å². The van der Waals surface area contributed by atoms with Gasteiger partial charge in [0.05, 0.1) is 24.9 Å². The third-order valence-corrected chi connectivity index (χ3v) is 25.8. The van der Waals surface area contributed by atoms with Crippen molar-refractivity contribution in [2.75, 3.05) is 53.6 Å². The second-order valence-corrected chi connectivity index (χ2v) is 29.5. The summed E-state index contributed by atoms with van der Waals surface area (Å²) in [6.45, 7) is 22.9. The summed E-state index contributed by atoms with van der Waals surface area (Å²) in [5.41, 5.74) is 1.23. The standard InChI is InChI=1S/C62H86N2O8/c1-52(2,3)54(7,65)42-31-56-20-23-61(42,68-10)50-59(56)25-26-63(33-36-11-12-36)44(56)29-38-16-18-41(49(72-50)46(38)59)69-27-28-70-62-24-21-58(32-43(62)55(8,66)53(4,5)6)57-19-22-60(58)47-39(15-17-40(67-9)48(47)71-51(60)62)30-45(57)64(35-57)34-37-13-14-37/h15-18,36-37,42-45,50-51,65-66H,11-14,19-35H2,1-10H3/t42?,43-,44?,45-,50+,51+,54+,55+,56-,57?,58-,59?,60?,61+,62+/m1/s1. The van der Waals surface area contributed by atoms with Crippen LogP contribution in [0.15, 0.2) is 24.3 Å². The van der Waals surface area contributed by atoms with Crippen molar-refractivity contribution in [1.29, 1.82) is 0 Å². The fraction of sp³-hybridized carbons (Fsp3) is 0.806. The predicted molar refractivity (Wildman–Crippen MR) is 275 cm³/mol. The molecule has 10 nitrogen and oxygen atoms in total. The van der Waals surface area contributed by atoms with Crippen LogP contribution in [-0.4, -0.2) is 120 Å². The Morgan fingerprint density at radius 2 is 1.18 bits per heavy atom. The molecule has 72 heavy (non-hydrogen) atoms. The highest BCUT2D eigenvalue weighted by Crippen LogP contribution is 2.85. The summed E-state index contributed by atoms with van der Waals surface area (Å²) in [7, 11) is 3.69. The molecule has 5 spiro atoms. The van der Waals surface area contributed by atoms with E-state index in [-0.39, 0.29) is 56.5 Å². The minimum atomic E-state index is -1.04. The van der Waals surface area contributed by atoms with Crippen LogP contribution in [0.1, 0.15) is 161 Å². The highest BCUT2D eigenvalue weighted by Gasteiger charge is 2.88. The Morgan fingerprint density at radius 1 is 0.611 bits per heavy atom. The molecule has 17 rings (SSSR count). The zero-order valence-corrected chi connectivity index (χ0v) is 45.5. The molecule has 4 heterocycles. The summed E-state index contributed by atoms with van der Waals surface area (Å²) >= 11 is 0. The zero-order valence-electron chi connectivity index (χ0n) is 45.5. The van der Waals surface area contributed by atoms with Gasteiger partial charge in [-0.3, -0.25) is 9.80 Å². The average molecular weight is 987 g/mol. The molecule has 11 fully saturated rings. The van der Waals surface area contributed by atoms with Crippen LogP contribution in [0, 0.1) is 50.7 Å². The summed E-state index contributed by atoms with van der Waals surface area (Å²) in [4.78, 5) is 5.77. The number of benzene rings is 2. The van der Waals surface area contributed by atoms with Crippen molar-refractivity contribution in [3.05, 3.63) is 46.5 Å². The summed E-state index contributed by atoms with van der Waals surface area (Å²) < 4.78 is 43.3. The zero-order chi connectivity index (χ0) is 49.8. The Hall–Kier alpha value is -2.60. The smallest absolute Gasteiger partial charge is 0.165 e. The topological polar surface area (TPSA) is 102 Å². The SMILES string of the molecule is COc1ccc2c3c1O[C@H]1C34CCC3(CN(CC5CC5)[C@@H]3C2)[C@]42CC[C@]1(OCCOc1ccc3c4c1O[C@H]1C45CCN(CC4CC4)C(C3)[C@]53CC[C@]1(OC)C([C@](C)(O)C(C)(C)C)C3)[C@@H]([C@](C)(O)C(C)(C)C)C2. The van der Waals surface area contributed by atoms with E-state index in [1.807, 2.05) is 7.11 Å². The second kappa shape index (κ2) is 14.1. The number of likely N-dealkylation sites (tertiary alicyclic amines) is 2. The van der Waals surface area contributed by atoms with Crippen molar-refractivity contribution in [3.8, 4) is 23.0 Å². The number of fused-ring (bicyclic) bond motifs is 4. The molecule has 2 N–H and O–H groups in total. The van der Waals surface area contributed by atoms with Gasteiger partial charge in [-0.1, -0.05) is 53.7 Å². The lowest BCUT2D eigenvalue weighted by molar-refractivity contribution is -0.321. The van der Waals surface area contributed by atoms with Crippen molar-refractivity contribution in [1.82, 2.24) is 9.80 Å². The molecule has 5 unspecified atom stereocenters. The number of hydrogen-bond acceptors (Lipinski definition) is 10. The molecule has 0 aromatic heterocycles. The molecule has 392 valence electrons. The number of ether oxygens (including phenoxy) is 6. The normalized spacial score (nSPS) is 44.9. The number of piperidine rings is 1. The first-order valence-electron chi connectivity index (χ1n) is 29.1. The lowest BCUT2D eigenvalue weighted by Gasteiger charge is -2.75. The van der Waals surface area contributed by atoms with Crippen LogP contribution >= 0.6 is 0 Å². The van der Waals surface area contributed by atoms with Gasteiger partial charge in [-0.05, 0) is 168 Å². The van der Waals surface area contributed by atoms with E-state index < -0.39 is 27.8 Å². The van der Waals surface area contributed by atoms with Gasteiger partial charge in [0, 0.05) is 83.5 Å². The molecule has 2 aromatic rings. The predicted octanol–water partition coefficient (Wildman–Crippen LogP) is 9.58. The molecule has 10 heteroatoms. The van der Waals surface area contributed by atoms with E-state index in [4.69, 9.17) is 28.4 Å². The molecule has 9 saturated carbocycles. The van der Waals surface area contributed by atoms with E-state index in [1.165, 1.54) is 74.0 Å². The van der Waals surface area contributed by atoms with E-state index in [2.05, 4.69) is 89.5 Å². The fourth-order valence-electron chi connectivity index (χ4n) is 21.3. The van der Waals surface area contributed by atoms with Crippen LogP contribution in [0.5, 0.6) is 23.0 Å². The molecule has 0 radical (unpaired) electrons. The van der Waals surface area contributed by atoms with Gasteiger partial charge in [0.1, 0.15) is 30.0 Å². The molecular weight excluding hydrogens is 901 g/mol. The van der Waals surface area contributed by atoms with Gasteiger partial charge >= 0.3 is 0 Å². The number of hydrogen-bond donors (Lipinski definition) is 2. The van der Waals surface area contributed by atoms with Crippen LogP contribution in [-0.2, 0) is 33.1 Å². The third-order valence-electron chi connectivity index (χ3n) is 25.8. The number of rotatable bonds is 13. The largest absolute Gasteiger partial charge is 0.493 e. The van der Waals surface area contributed by atoms with E-state index in [0.717, 1.165) is 106 Å². The third kappa shape index (κ3) is 5.10. The minimum Gasteiger partial charge on any atom is -0.493 e. The second-order valence-electron chi connectivity index (χ2n) is 29.5. The Kier molecular flexibility index (Phi) is 9.15. The van der Waals surface area contributed by atoms with Crippen molar-refractivity contribution in [2.24, 2.45) is 50.7 Å². The van der Waals surface area contributed by atoms with Gasteiger partial charge in [0.25, 0.3) is 0 Å². The van der Waals surface area contributed by atoms with Crippen LogP contribution in [0.25, 0.3) is 0 Å². The Morgan fingerprint density at radius 3 is 1.82 bits per heavy atom. The van der Waals surface area contributed by atoms with Crippen LogP contribution in [0.2, 0.25) is 0 Å². The van der Waals surface area contributed by atoms with Gasteiger partial charge in [-0.15, -0.1) is 0 Å². The highest BCUT2D eigenvalue weighted by molar-refractivity contribution is 5.66. The van der Waals surface area contributed by atoms with E-state index >= 15 is 0 Å². The number of nitrogens with zero attached hydrogens (tertiary/aromatic N) is 2. The first kappa shape index (κ1) is 46.7. The van der Waals surface area contributed by atoms with Gasteiger partial charge in [-0.2, -0.15) is 0 Å². The van der Waals surface area contributed by atoms with Gasteiger partial charge in [-0.25, -0.2) is 0 Å². The first-order valence-corrected chi connectivity index (χ1v) is 29.1. The Bertz CT molecular complexity index is 2650. The molecule has 15 aliphatic rings. The van der Waals surface area contributed by atoms with Crippen LogP contribution < -0.4 is 18.9 Å². The van der Waals surface area contributed by atoms with E-state index in [0.29, 0.717) is 25.3 Å². The maximum absolute atomic E-state index is 13.3. The summed E-state index contributed by atoms with van der Waals surface area (Å²) in [6, 6.07) is 10.0. The average Bonchev–Trinajstić information content (AvgIpc) is 4.25. The fourth-order valence-corrected chi connectivity index (χ4v) is 21.3. The summed E-state index contributed by atoms with van der Waals surface area (Å²) in [5, 5.41) is 26.2. The molecule has 11 aliphatic carbocycles.